The van der Waals surface area contributed by atoms with Crippen molar-refractivity contribution in [3.63, 3.8) is 0 Å². The zero-order valence-corrected chi connectivity index (χ0v) is 27.7. The minimum Gasteiger partial charge on any atom is -0.490 e. The Morgan fingerprint density at radius 1 is 0.911 bits per heavy atom. The van der Waals surface area contributed by atoms with Crippen molar-refractivity contribution < 1.29 is 17.9 Å². The van der Waals surface area contributed by atoms with Crippen LogP contribution < -0.4 is 9.64 Å². The highest BCUT2D eigenvalue weighted by Gasteiger charge is 2.26. The largest absolute Gasteiger partial charge is 0.490 e. The number of aromatic nitrogens is 4. The third-order valence-corrected chi connectivity index (χ3v) is 9.79. The molecule has 0 radical (unpaired) electrons. The summed E-state index contributed by atoms with van der Waals surface area (Å²) in [5.41, 5.74) is 3.58. The molecule has 5 aromatic rings. The average molecular weight is 692 g/mol. The minimum atomic E-state index is -3.99. The molecular formula is C33H35BrN6O4S. The number of nitrogens with zero attached hydrogens (tertiary/aromatic N) is 6. The number of piperazine rings is 1. The molecule has 0 amide bonds. The van der Waals surface area contributed by atoms with E-state index in [1.807, 2.05) is 43.3 Å². The van der Waals surface area contributed by atoms with E-state index in [4.69, 9.17) is 14.5 Å². The summed E-state index contributed by atoms with van der Waals surface area (Å²) in [6.07, 6.45) is 3.95. The summed E-state index contributed by atoms with van der Waals surface area (Å²) in [6.45, 7) is 6.94. The Hall–Kier alpha value is -3.84. The third kappa shape index (κ3) is 7.04. The lowest BCUT2D eigenvalue weighted by Gasteiger charge is -2.34. The fourth-order valence-electron chi connectivity index (χ4n) is 5.21. The zero-order chi connectivity index (χ0) is 31.4. The predicted molar refractivity (Wildman–Crippen MR) is 178 cm³/mol. The highest BCUT2D eigenvalue weighted by Crippen LogP contribution is 2.36. The number of hydrogen-bond acceptors (Lipinski definition) is 9. The molecule has 1 saturated heterocycles. The second-order valence-electron chi connectivity index (χ2n) is 11.1. The lowest BCUT2D eigenvalue weighted by molar-refractivity contribution is 0.107. The van der Waals surface area contributed by atoms with Crippen molar-refractivity contribution in [2.45, 2.75) is 24.8 Å². The van der Waals surface area contributed by atoms with Crippen LogP contribution in [0.2, 0.25) is 0 Å². The normalized spacial score (nSPS) is 14.2. The van der Waals surface area contributed by atoms with Crippen molar-refractivity contribution in [1.82, 2.24) is 24.1 Å². The standard InChI is InChI=1S/C33H35BrN6O4S/c1-24-9-11-27(12-10-24)45(41,42)40-29-22-35-31(34)20-28(29)32(37-40)26-19-30(33(36-21-26)39-15-13-38(2)14-16-39)44-18-6-17-43-23-25-7-4-3-5-8-25/h3-5,7-12,19-22H,6,13-18,23H2,1-2H3. The number of hydrogen-bond donors (Lipinski definition) is 0. The monoisotopic (exact) mass is 690 g/mol. The SMILES string of the molecule is Cc1ccc(S(=O)(=O)n2nc(-c3cnc(N4CCN(C)CC4)c(OCCCOCc4ccccc4)c3)c3cc(Br)ncc32)cc1. The van der Waals surface area contributed by atoms with Crippen LogP contribution in [0.15, 0.2) is 88.6 Å². The van der Waals surface area contributed by atoms with Crippen molar-refractivity contribution in [3.8, 4) is 17.0 Å². The third-order valence-electron chi connectivity index (χ3n) is 7.76. The van der Waals surface area contributed by atoms with Crippen molar-refractivity contribution in [2.24, 2.45) is 0 Å². The summed E-state index contributed by atoms with van der Waals surface area (Å²) in [4.78, 5) is 13.8. The van der Waals surface area contributed by atoms with Crippen LogP contribution in [0.5, 0.6) is 5.75 Å². The first-order valence-corrected chi connectivity index (χ1v) is 17.1. The van der Waals surface area contributed by atoms with E-state index in [9.17, 15) is 8.42 Å². The second kappa shape index (κ2) is 13.7. The van der Waals surface area contributed by atoms with Gasteiger partial charge in [0.25, 0.3) is 10.0 Å². The molecule has 0 atom stereocenters. The van der Waals surface area contributed by atoms with Crippen LogP contribution >= 0.6 is 15.9 Å². The molecule has 0 unspecified atom stereocenters. The number of ether oxygens (including phenoxy) is 2. The van der Waals surface area contributed by atoms with E-state index < -0.39 is 10.0 Å². The molecule has 12 heteroatoms. The van der Waals surface area contributed by atoms with Gasteiger partial charge < -0.3 is 19.3 Å². The van der Waals surface area contributed by atoms with Gasteiger partial charge in [0.2, 0.25) is 0 Å². The second-order valence-corrected chi connectivity index (χ2v) is 13.7. The summed E-state index contributed by atoms with van der Waals surface area (Å²) >= 11 is 3.44. The van der Waals surface area contributed by atoms with Crippen molar-refractivity contribution in [1.29, 1.82) is 0 Å². The topological polar surface area (TPSA) is 103 Å². The summed E-state index contributed by atoms with van der Waals surface area (Å²) in [6, 6.07) is 20.5. The lowest BCUT2D eigenvalue weighted by Crippen LogP contribution is -2.45. The van der Waals surface area contributed by atoms with Crippen LogP contribution in [-0.2, 0) is 21.4 Å². The Labute approximate surface area is 271 Å². The van der Waals surface area contributed by atoms with Crippen molar-refractivity contribution in [2.75, 3.05) is 51.3 Å². The molecule has 0 N–H and O–H groups in total. The summed E-state index contributed by atoms with van der Waals surface area (Å²) in [5.74, 6) is 1.38. The van der Waals surface area contributed by atoms with E-state index in [1.54, 1.807) is 36.5 Å². The highest BCUT2D eigenvalue weighted by molar-refractivity contribution is 9.10. The molecule has 0 aliphatic carbocycles. The van der Waals surface area contributed by atoms with Gasteiger partial charge in [-0.15, -0.1) is 0 Å². The molecule has 1 aliphatic heterocycles. The van der Waals surface area contributed by atoms with Gasteiger partial charge in [-0.1, -0.05) is 48.0 Å². The Balaban J connectivity index is 1.31. The average Bonchev–Trinajstić information content (AvgIpc) is 3.43. The van der Waals surface area contributed by atoms with E-state index in [-0.39, 0.29) is 4.90 Å². The molecule has 0 bridgehead atoms. The first-order chi connectivity index (χ1) is 21.8. The van der Waals surface area contributed by atoms with Gasteiger partial charge in [-0.25, -0.2) is 9.97 Å². The van der Waals surface area contributed by atoms with Gasteiger partial charge in [-0.3, -0.25) is 0 Å². The van der Waals surface area contributed by atoms with Crippen LogP contribution in [0.4, 0.5) is 5.82 Å². The molecule has 234 valence electrons. The minimum absolute atomic E-state index is 0.147. The van der Waals surface area contributed by atoms with Gasteiger partial charge in [0.05, 0.1) is 30.9 Å². The van der Waals surface area contributed by atoms with E-state index in [0.29, 0.717) is 58.8 Å². The zero-order valence-electron chi connectivity index (χ0n) is 25.3. The molecule has 2 aromatic carbocycles. The summed E-state index contributed by atoms with van der Waals surface area (Å²) in [7, 11) is -1.88. The Bertz CT molecular complexity index is 1880. The number of fused-ring (bicyclic) bond motifs is 1. The van der Waals surface area contributed by atoms with Crippen LogP contribution in [0.1, 0.15) is 17.5 Å². The summed E-state index contributed by atoms with van der Waals surface area (Å²) in [5, 5.41) is 5.27. The van der Waals surface area contributed by atoms with E-state index >= 15 is 0 Å². The van der Waals surface area contributed by atoms with Crippen molar-refractivity contribution in [3.05, 3.63) is 94.9 Å². The molecule has 4 heterocycles. The smallest absolute Gasteiger partial charge is 0.283 e. The maximum absolute atomic E-state index is 13.8. The molecule has 1 fully saturated rings. The van der Waals surface area contributed by atoms with Gasteiger partial charge in [0.1, 0.15) is 15.8 Å². The van der Waals surface area contributed by atoms with Gasteiger partial charge in [-0.2, -0.15) is 17.6 Å². The van der Waals surface area contributed by atoms with Crippen LogP contribution in [0, 0.1) is 6.92 Å². The predicted octanol–water partition coefficient (Wildman–Crippen LogP) is 5.54. The summed E-state index contributed by atoms with van der Waals surface area (Å²) < 4.78 is 41.3. The molecule has 0 spiro atoms. The van der Waals surface area contributed by atoms with Crippen LogP contribution in [0.25, 0.3) is 22.2 Å². The van der Waals surface area contributed by atoms with Crippen LogP contribution in [-0.4, -0.2) is 78.9 Å². The maximum atomic E-state index is 13.8. The molecule has 1 aliphatic rings. The lowest BCUT2D eigenvalue weighted by atomic mass is 10.1. The van der Waals surface area contributed by atoms with Crippen LogP contribution in [0.3, 0.4) is 0 Å². The number of aryl methyl sites for hydroxylation is 1. The Morgan fingerprint density at radius 2 is 1.67 bits per heavy atom. The molecular weight excluding hydrogens is 656 g/mol. The molecule has 0 saturated carbocycles. The fourth-order valence-corrected chi connectivity index (χ4v) is 6.81. The first kappa shape index (κ1) is 31.2. The number of anilines is 1. The highest BCUT2D eigenvalue weighted by atomic mass is 79.9. The fraction of sp³-hybridized carbons (Fsp3) is 0.303. The van der Waals surface area contributed by atoms with Gasteiger partial charge in [0, 0.05) is 49.7 Å². The molecule has 6 rings (SSSR count). The number of likely N-dealkylation sites (N-methyl/N-ethyl adjacent to an activating group) is 1. The van der Waals surface area contributed by atoms with Gasteiger partial charge >= 0.3 is 0 Å². The number of halogens is 1. The Kier molecular flexibility index (Phi) is 9.45. The van der Waals surface area contributed by atoms with E-state index in [0.717, 1.165) is 47.2 Å². The quantitative estimate of drug-likeness (QED) is 0.131. The van der Waals surface area contributed by atoms with Crippen molar-refractivity contribution >= 4 is 42.7 Å². The van der Waals surface area contributed by atoms with E-state index in [1.165, 1.54) is 6.20 Å². The first-order valence-electron chi connectivity index (χ1n) is 14.8. The van der Waals surface area contributed by atoms with Gasteiger partial charge in [-0.05, 0) is 59.7 Å². The number of pyridine rings is 2. The maximum Gasteiger partial charge on any atom is 0.283 e. The number of benzene rings is 2. The number of rotatable bonds is 11. The van der Waals surface area contributed by atoms with E-state index in [2.05, 4.69) is 42.9 Å². The molecule has 45 heavy (non-hydrogen) atoms. The molecule has 10 nitrogen and oxygen atoms in total. The van der Waals surface area contributed by atoms with Gasteiger partial charge in [0.15, 0.2) is 11.6 Å². The molecule has 3 aromatic heterocycles. The Morgan fingerprint density at radius 3 is 2.42 bits per heavy atom.